The van der Waals surface area contributed by atoms with Gasteiger partial charge in [-0.05, 0) is 26.7 Å². The Morgan fingerprint density at radius 2 is 2.22 bits per heavy atom. The number of hydrogen-bond acceptors (Lipinski definition) is 3. The highest BCUT2D eigenvalue weighted by Gasteiger charge is 2.33. The fourth-order valence-electron chi connectivity index (χ4n) is 2.52. The van der Waals surface area contributed by atoms with Crippen LogP contribution in [0.4, 0.5) is 5.82 Å². The van der Waals surface area contributed by atoms with Gasteiger partial charge in [-0.1, -0.05) is 12.8 Å². The molecule has 1 saturated carbocycles. The molecule has 2 N–H and O–H groups in total. The van der Waals surface area contributed by atoms with Crippen molar-refractivity contribution in [3.8, 4) is 0 Å². The van der Waals surface area contributed by atoms with Gasteiger partial charge in [0.2, 0.25) is 5.91 Å². The fraction of sp³-hybridized carbons (Fsp3) is 0.692. The van der Waals surface area contributed by atoms with Crippen molar-refractivity contribution in [3.63, 3.8) is 0 Å². The average molecular weight is 251 g/mol. The Labute approximate surface area is 107 Å². The minimum absolute atomic E-state index is 0.137. The summed E-state index contributed by atoms with van der Waals surface area (Å²) in [6, 6.07) is 1.97. The second kappa shape index (κ2) is 5.10. The van der Waals surface area contributed by atoms with Crippen LogP contribution in [0.15, 0.2) is 12.3 Å². The average Bonchev–Trinajstić information content (AvgIpc) is 2.87. The Bertz CT molecular complexity index is 420. The first-order chi connectivity index (χ1) is 8.50. The molecule has 1 aliphatic rings. The number of rotatable bonds is 4. The zero-order valence-corrected chi connectivity index (χ0v) is 11.0. The second-order valence-electron chi connectivity index (χ2n) is 5.41. The number of anilines is 1. The SMILES string of the molecule is CC(C)n1nccc1NC(=O)CC1(O)CCCC1. The Hall–Kier alpha value is -1.36. The van der Waals surface area contributed by atoms with Gasteiger partial charge in [0.05, 0.1) is 18.2 Å². The summed E-state index contributed by atoms with van der Waals surface area (Å²) >= 11 is 0. The number of amides is 1. The summed E-state index contributed by atoms with van der Waals surface area (Å²) in [7, 11) is 0. The molecule has 1 aliphatic carbocycles. The molecule has 0 bridgehead atoms. The van der Waals surface area contributed by atoms with Crippen LogP contribution in [-0.4, -0.2) is 26.4 Å². The number of nitrogens with zero attached hydrogens (tertiary/aromatic N) is 2. The van der Waals surface area contributed by atoms with Crippen molar-refractivity contribution in [1.82, 2.24) is 9.78 Å². The van der Waals surface area contributed by atoms with Gasteiger partial charge in [-0.3, -0.25) is 4.79 Å². The van der Waals surface area contributed by atoms with E-state index in [0.29, 0.717) is 5.82 Å². The quantitative estimate of drug-likeness (QED) is 0.861. The summed E-state index contributed by atoms with van der Waals surface area (Å²) in [4.78, 5) is 11.9. The minimum atomic E-state index is -0.799. The monoisotopic (exact) mass is 251 g/mol. The first-order valence-electron chi connectivity index (χ1n) is 6.56. The van der Waals surface area contributed by atoms with Gasteiger partial charge >= 0.3 is 0 Å². The molecule has 0 atom stereocenters. The molecular formula is C13H21N3O2. The molecule has 2 rings (SSSR count). The Morgan fingerprint density at radius 3 is 2.83 bits per heavy atom. The maximum absolute atomic E-state index is 11.9. The molecule has 5 heteroatoms. The number of aromatic nitrogens is 2. The lowest BCUT2D eigenvalue weighted by molar-refractivity contribution is -0.120. The van der Waals surface area contributed by atoms with Crippen LogP contribution >= 0.6 is 0 Å². The molecule has 100 valence electrons. The van der Waals surface area contributed by atoms with Gasteiger partial charge in [0.15, 0.2) is 0 Å². The van der Waals surface area contributed by atoms with E-state index >= 15 is 0 Å². The van der Waals surface area contributed by atoms with Crippen molar-refractivity contribution in [1.29, 1.82) is 0 Å². The van der Waals surface area contributed by atoms with Crippen LogP contribution in [0.1, 0.15) is 52.0 Å². The summed E-state index contributed by atoms with van der Waals surface area (Å²) in [6.45, 7) is 4.01. The van der Waals surface area contributed by atoms with Crippen molar-refractivity contribution in [3.05, 3.63) is 12.3 Å². The molecule has 5 nitrogen and oxygen atoms in total. The van der Waals surface area contributed by atoms with E-state index in [4.69, 9.17) is 0 Å². The van der Waals surface area contributed by atoms with Crippen LogP contribution in [0, 0.1) is 0 Å². The molecule has 1 heterocycles. The number of carbonyl (C=O) groups excluding carboxylic acids is 1. The predicted octanol–water partition coefficient (Wildman–Crippen LogP) is 2.10. The number of hydrogen-bond donors (Lipinski definition) is 2. The Kier molecular flexibility index (Phi) is 3.71. The van der Waals surface area contributed by atoms with E-state index in [-0.39, 0.29) is 18.4 Å². The highest BCUT2D eigenvalue weighted by molar-refractivity contribution is 5.90. The number of aliphatic hydroxyl groups is 1. The van der Waals surface area contributed by atoms with E-state index in [1.165, 1.54) is 0 Å². The zero-order chi connectivity index (χ0) is 13.2. The molecule has 0 radical (unpaired) electrons. The lowest BCUT2D eigenvalue weighted by Crippen LogP contribution is -2.31. The van der Waals surface area contributed by atoms with E-state index in [1.807, 2.05) is 13.8 Å². The van der Waals surface area contributed by atoms with Gasteiger partial charge in [-0.25, -0.2) is 4.68 Å². The second-order valence-corrected chi connectivity index (χ2v) is 5.41. The van der Waals surface area contributed by atoms with Crippen molar-refractivity contribution >= 4 is 11.7 Å². The lowest BCUT2D eigenvalue weighted by atomic mass is 9.98. The summed E-state index contributed by atoms with van der Waals surface area (Å²) in [5.74, 6) is 0.554. The van der Waals surface area contributed by atoms with Crippen LogP contribution < -0.4 is 5.32 Å². The van der Waals surface area contributed by atoms with Gasteiger partial charge in [0.25, 0.3) is 0 Å². The van der Waals surface area contributed by atoms with Gasteiger partial charge in [-0.2, -0.15) is 5.10 Å². The topological polar surface area (TPSA) is 67.2 Å². The molecular weight excluding hydrogens is 230 g/mol. The van der Waals surface area contributed by atoms with Crippen molar-refractivity contribution in [2.45, 2.75) is 57.6 Å². The molecule has 0 unspecified atom stereocenters. The molecule has 1 fully saturated rings. The van der Waals surface area contributed by atoms with Gasteiger partial charge in [0, 0.05) is 12.1 Å². The first kappa shape index (κ1) is 13.1. The normalized spacial score (nSPS) is 18.2. The summed E-state index contributed by atoms with van der Waals surface area (Å²) in [5.41, 5.74) is -0.799. The third-order valence-electron chi connectivity index (χ3n) is 3.45. The molecule has 0 spiro atoms. The van der Waals surface area contributed by atoms with E-state index in [2.05, 4.69) is 10.4 Å². The molecule has 0 aliphatic heterocycles. The lowest BCUT2D eigenvalue weighted by Gasteiger charge is -2.21. The molecule has 1 aromatic heterocycles. The van der Waals surface area contributed by atoms with Crippen LogP contribution in [0.25, 0.3) is 0 Å². The molecule has 18 heavy (non-hydrogen) atoms. The zero-order valence-electron chi connectivity index (χ0n) is 11.0. The Morgan fingerprint density at radius 1 is 1.56 bits per heavy atom. The maximum Gasteiger partial charge on any atom is 0.228 e. The highest BCUT2D eigenvalue weighted by atomic mass is 16.3. The number of carbonyl (C=O) groups is 1. The third kappa shape index (κ3) is 2.90. The maximum atomic E-state index is 11.9. The summed E-state index contributed by atoms with van der Waals surface area (Å²) < 4.78 is 1.76. The fourth-order valence-corrected chi connectivity index (χ4v) is 2.52. The van der Waals surface area contributed by atoms with Crippen LogP contribution in [-0.2, 0) is 4.79 Å². The summed E-state index contributed by atoms with van der Waals surface area (Å²) in [5, 5.41) is 17.2. The first-order valence-corrected chi connectivity index (χ1v) is 6.56. The van der Waals surface area contributed by atoms with Crippen LogP contribution in [0.2, 0.25) is 0 Å². The van der Waals surface area contributed by atoms with Gasteiger partial charge in [-0.15, -0.1) is 0 Å². The molecule has 0 saturated heterocycles. The largest absolute Gasteiger partial charge is 0.389 e. The van der Waals surface area contributed by atoms with E-state index in [0.717, 1.165) is 25.7 Å². The van der Waals surface area contributed by atoms with Crippen molar-refractivity contribution in [2.75, 3.05) is 5.32 Å². The van der Waals surface area contributed by atoms with Crippen LogP contribution in [0.3, 0.4) is 0 Å². The van der Waals surface area contributed by atoms with E-state index in [9.17, 15) is 9.90 Å². The third-order valence-corrected chi connectivity index (χ3v) is 3.45. The van der Waals surface area contributed by atoms with E-state index < -0.39 is 5.60 Å². The van der Waals surface area contributed by atoms with Crippen molar-refractivity contribution in [2.24, 2.45) is 0 Å². The van der Waals surface area contributed by atoms with Gasteiger partial charge in [0.1, 0.15) is 5.82 Å². The van der Waals surface area contributed by atoms with E-state index in [1.54, 1.807) is 16.9 Å². The highest BCUT2D eigenvalue weighted by Crippen LogP contribution is 2.32. The van der Waals surface area contributed by atoms with Crippen LogP contribution in [0.5, 0.6) is 0 Å². The standard InChI is InChI=1S/C13H21N3O2/c1-10(2)16-11(5-8-14-16)15-12(17)9-13(18)6-3-4-7-13/h5,8,10,18H,3-4,6-7,9H2,1-2H3,(H,15,17). The summed E-state index contributed by atoms with van der Waals surface area (Å²) in [6.07, 6.45) is 5.31. The molecule has 0 aromatic carbocycles. The smallest absolute Gasteiger partial charge is 0.228 e. The minimum Gasteiger partial charge on any atom is -0.389 e. The predicted molar refractivity (Wildman–Crippen MR) is 69.3 cm³/mol. The van der Waals surface area contributed by atoms with Gasteiger partial charge < -0.3 is 10.4 Å². The number of nitrogens with one attached hydrogen (secondary N) is 1. The molecule has 1 aromatic rings. The Balaban J connectivity index is 1.96. The van der Waals surface area contributed by atoms with Crippen molar-refractivity contribution < 1.29 is 9.90 Å². The molecule has 1 amide bonds.